The molecule has 3 aromatic heterocycles. The van der Waals surface area contributed by atoms with Gasteiger partial charge in [0.05, 0.1) is 23.7 Å². The number of thiophene rings is 1. The molecule has 5 aromatic rings. The molecule has 0 spiro atoms. The molecule has 7 rings (SSSR count). The number of amidine groups is 2. The monoisotopic (exact) mass is 450 g/mol. The summed E-state index contributed by atoms with van der Waals surface area (Å²) in [6.07, 6.45) is 2.11. The van der Waals surface area contributed by atoms with Gasteiger partial charge in [-0.1, -0.05) is 24.3 Å². The van der Waals surface area contributed by atoms with Gasteiger partial charge < -0.3 is 20.6 Å². The zero-order valence-corrected chi connectivity index (χ0v) is 18.7. The van der Waals surface area contributed by atoms with Crippen molar-refractivity contribution in [2.75, 3.05) is 26.2 Å². The molecule has 2 aliphatic rings. The summed E-state index contributed by atoms with van der Waals surface area (Å²) in [5, 5.41) is 9.15. The van der Waals surface area contributed by atoms with Gasteiger partial charge >= 0.3 is 0 Å². The largest absolute Gasteiger partial charge is 0.368 e. The molecule has 4 N–H and O–H groups in total. The van der Waals surface area contributed by atoms with Crippen LogP contribution in [0.2, 0.25) is 0 Å². The summed E-state index contributed by atoms with van der Waals surface area (Å²) in [6.45, 7) is 3.54. The van der Waals surface area contributed by atoms with E-state index in [1.165, 1.54) is 26.1 Å². The summed E-state index contributed by atoms with van der Waals surface area (Å²) in [5.74, 6) is 1.98. The molecular formula is C26H22N6S. The van der Waals surface area contributed by atoms with Crippen LogP contribution in [0.15, 0.2) is 70.8 Å². The van der Waals surface area contributed by atoms with Crippen molar-refractivity contribution in [3.8, 4) is 21.0 Å². The average molecular weight is 451 g/mol. The number of hydrogen-bond acceptors (Lipinski definition) is 5. The number of nitrogens with one attached hydrogen (secondary N) is 4. The number of H-pyrrole nitrogens is 2. The van der Waals surface area contributed by atoms with Crippen LogP contribution >= 0.6 is 11.3 Å². The summed E-state index contributed by atoms with van der Waals surface area (Å²) in [7, 11) is 0. The zero-order valence-electron chi connectivity index (χ0n) is 17.9. The summed E-state index contributed by atoms with van der Waals surface area (Å²) < 4.78 is 0. The molecule has 7 heteroatoms. The highest BCUT2D eigenvalue weighted by Gasteiger charge is 2.15. The van der Waals surface area contributed by atoms with Crippen LogP contribution in [0.5, 0.6) is 0 Å². The van der Waals surface area contributed by atoms with E-state index < -0.39 is 0 Å². The van der Waals surface area contributed by atoms with E-state index >= 15 is 0 Å². The predicted octanol–water partition coefficient (Wildman–Crippen LogP) is 4.74. The molecule has 0 unspecified atom stereocenters. The molecule has 2 aliphatic heterocycles. The maximum atomic E-state index is 4.54. The second-order valence-corrected chi connectivity index (χ2v) is 9.51. The lowest BCUT2D eigenvalue weighted by Crippen LogP contribution is -2.19. The molecule has 33 heavy (non-hydrogen) atoms. The van der Waals surface area contributed by atoms with Gasteiger partial charge in [-0.3, -0.25) is 9.98 Å². The van der Waals surface area contributed by atoms with Crippen LogP contribution in [0, 0.1) is 0 Å². The number of nitrogens with zero attached hydrogens (tertiary/aromatic N) is 2. The third-order valence-corrected chi connectivity index (χ3v) is 7.49. The molecule has 5 heterocycles. The number of rotatable bonds is 4. The molecular weight excluding hydrogens is 428 g/mol. The third-order valence-electron chi connectivity index (χ3n) is 6.34. The van der Waals surface area contributed by atoms with E-state index in [1.807, 2.05) is 11.3 Å². The van der Waals surface area contributed by atoms with Gasteiger partial charge in [-0.15, -0.1) is 11.3 Å². The van der Waals surface area contributed by atoms with Crippen molar-refractivity contribution in [1.82, 2.24) is 20.6 Å². The lowest BCUT2D eigenvalue weighted by Gasteiger charge is -2.03. The van der Waals surface area contributed by atoms with Gasteiger partial charge in [0.1, 0.15) is 11.7 Å². The Morgan fingerprint density at radius 2 is 1.45 bits per heavy atom. The van der Waals surface area contributed by atoms with E-state index in [0.29, 0.717) is 0 Å². The van der Waals surface area contributed by atoms with E-state index in [0.717, 1.165) is 65.7 Å². The molecule has 0 bridgehead atoms. The third kappa shape index (κ3) is 3.15. The lowest BCUT2D eigenvalue weighted by atomic mass is 10.1. The number of fused-ring (bicyclic) bond motifs is 2. The Bertz CT molecular complexity index is 1580. The summed E-state index contributed by atoms with van der Waals surface area (Å²) in [5.41, 5.74) is 6.92. The first-order valence-corrected chi connectivity index (χ1v) is 12.1. The molecule has 6 nitrogen and oxygen atoms in total. The Kier molecular flexibility index (Phi) is 4.17. The highest BCUT2D eigenvalue weighted by molar-refractivity contribution is 7.18. The fraction of sp³-hybridized carbons (Fsp3) is 0.154. The minimum atomic E-state index is 0.849. The lowest BCUT2D eigenvalue weighted by molar-refractivity contribution is 0.960. The molecule has 162 valence electrons. The van der Waals surface area contributed by atoms with Crippen LogP contribution in [-0.4, -0.2) is 47.8 Å². The molecule has 0 saturated carbocycles. The fourth-order valence-corrected chi connectivity index (χ4v) is 5.70. The van der Waals surface area contributed by atoms with Crippen molar-refractivity contribution in [3.05, 3.63) is 71.9 Å². The number of aromatic amines is 2. The van der Waals surface area contributed by atoms with Crippen molar-refractivity contribution >= 4 is 44.8 Å². The van der Waals surface area contributed by atoms with E-state index in [2.05, 4.69) is 91.4 Å². The van der Waals surface area contributed by atoms with Crippen LogP contribution in [0.3, 0.4) is 0 Å². The molecule has 2 aromatic carbocycles. The van der Waals surface area contributed by atoms with Gasteiger partial charge in [0.25, 0.3) is 0 Å². The van der Waals surface area contributed by atoms with Crippen LogP contribution in [-0.2, 0) is 0 Å². The fourth-order valence-electron chi connectivity index (χ4n) is 4.69. The number of hydrogen-bond donors (Lipinski definition) is 4. The highest BCUT2D eigenvalue weighted by Crippen LogP contribution is 2.38. The minimum Gasteiger partial charge on any atom is -0.368 e. The second-order valence-electron chi connectivity index (χ2n) is 8.43. The van der Waals surface area contributed by atoms with Gasteiger partial charge in [0.15, 0.2) is 0 Å². The van der Waals surface area contributed by atoms with Gasteiger partial charge in [-0.25, -0.2) is 0 Å². The Labute approximate surface area is 194 Å². The molecule has 0 radical (unpaired) electrons. The van der Waals surface area contributed by atoms with Crippen molar-refractivity contribution in [1.29, 1.82) is 0 Å². The smallest absolute Gasteiger partial charge is 0.128 e. The van der Waals surface area contributed by atoms with Crippen molar-refractivity contribution in [2.24, 2.45) is 9.98 Å². The first kappa shape index (κ1) is 18.7. The van der Waals surface area contributed by atoms with E-state index in [1.54, 1.807) is 0 Å². The van der Waals surface area contributed by atoms with E-state index in [-0.39, 0.29) is 0 Å². The number of benzene rings is 2. The molecule has 0 amide bonds. The summed E-state index contributed by atoms with van der Waals surface area (Å²) in [6, 6.07) is 19.7. The standard InChI is InChI=1S/C26H22N6S/c1-2-16(25-27-7-8-28-25)12-20-15(1)11-22(32-20)24-6-5-23(33-24)19-14-31-21-13-17(3-4-18(19)21)26-29-9-10-30-26/h1-6,11-14,31-32H,7-10H2,(H,27,28)(H,29,30). The predicted molar refractivity (Wildman–Crippen MR) is 138 cm³/mol. The Morgan fingerprint density at radius 3 is 2.21 bits per heavy atom. The van der Waals surface area contributed by atoms with Crippen LogP contribution < -0.4 is 10.6 Å². The van der Waals surface area contributed by atoms with Crippen molar-refractivity contribution < 1.29 is 0 Å². The molecule has 0 fully saturated rings. The molecule has 0 aliphatic carbocycles. The SMILES string of the molecule is c1cc2cc(-c3ccc(-c4c[nH]c5cc(C6=NCCN6)ccc45)s3)[nH]c2cc1C1=NCCN1. The normalized spacial score (nSPS) is 15.6. The van der Waals surface area contributed by atoms with Gasteiger partial charge in [0.2, 0.25) is 0 Å². The van der Waals surface area contributed by atoms with Crippen LogP contribution in [0.4, 0.5) is 0 Å². The summed E-state index contributed by atoms with van der Waals surface area (Å²) in [4.78, 5) is 18.6. The topological polar surface area (TPSA) is 80.4 Å². The molecule has 0 atom stereocenters. The average Bonchev–Trinajstić information content (AvgIpc) is 3.68. The van der Waals surface area contributed by atoms with E-state index in [4.69, 9.17) is 0 Å². The Balaban J connectivity index is 1.22. The van der Waals surface area contributed by atoms with Crippen molar-refractivity contribution in [3.63, 3.8) is 0 Å². The van der Waals surface area contributed by atoms with Gasteiger partial charge in [0, 0.05) is 62.7 Å². The second kappa shape index (κ2) is 7.35. The number of aliphatic imine (C=N–C) groups is 2. The van der Waals surface area contributed by atoms with Crippen LogP contribution in [0.1, 0.15) is 11.1 Å². The van der Waals surface area contributed by atoms with Gasteiger partial charge in [-0.2, -0.15) is 0 Å². The Morgan fingerprint density at radius 1 is 0.727 bits per heavy atom. The summed E-state index contributed by atoms with van der Waals surface area (Å²) >= 11 is 1.81. The van der Waals surface area contributed by atoms with Crippen LogP contribution in [0.25, 0.3) is 42.8 Å². The quantitative estimate of drug-likeness (QED) is 0.319. The molecule has 0 saturated heterocycles. The zero-order chi connectivity index (χ0) is 21.8. The Hall–Kier alpha value is -3.84. The van der Waals surface area contributed by atoms with Gasteiger partial charge in [-0.05, 0) is 30.3 Å². The first-order chi connectivity index (χ1) is 16.3. The number of aromatic nitrogens is 2. The maximum absolute atomic E-state index is 4.54. The van der Waals surface area contributed by atoms with Crippen molar-refractivity contribution in [2.45, 2.75) is 0 Å². The minimum absolute atomic E-state index is 0.849. The first-order valence-electron chi connectivity index (χ1n) is 11.2. The highest BCUT2D eigenvalue weighted by atomic mass is 32.1. The maximum Gasteiger partial charge on any atom is 0.128 e. The van der Waals surface area contributed by atoms with E-state index in [9.17, 15) is 0 Å².